The van der Waals surface area contributed by atoms with Crippen molar-refractivity contribution in [3.05, 3.63) is 28.7 Å². The van der Waals surface area contributed by atoms with Gasteiger partial charge in [0.1, 0.15) is 5.75 Å². The van der Waals surface area contributed by atoms with Crippen LogP contribution in [0.2, 0.25) is 0 Å². The van der Waals surface area contributed by atoms with E-state index in [1.807, 2.05) is 31.3 Å². The Kier molecular flexibility index (Phi) is 6.08. The van der Waals surface area contributed by atoms with Gasteiger partial charge in [0.05, 0.1) is 18.1 Å². The third-order valence-corrected chi connectivity index (χ3v) is 6.29. The molecule has 1 heterocycles. The smallest absolute Gasteiger partial charge is 0.150 e. The minimum absolute atomic E-state index is 0.260. The highest BCUT2D eigenvalue weighted by Gasteiger charge is 2.33. The molecule has 118 valence electrons. The molecule has 2 atom stereocenters. The molecule has 1 N–H and O–H groups in total. The zero-order valence-corrected chi connectivity index (χ0v) is 14.6. The summed E-state index contributed by atoms with van der Waals surface area (Å²) in [7, 11) is -0.906. The molecule has 2 unspecified atom stereocenters. The third-order valence-electron chi connectivity index (χ3n) is 3.97. The lowest BCUT2D eigenvalue weighted by atomic mass is 9.89. The second-order valence-electron chi connectivity index (χ2n) is 5.57. The summed E-state index contributed by atoms with van der Waals surface area (Å²) in [6.07, 6.45) is 1.66. The van der Waals surface area contributed by atoms with Crippen LogP contribution in [0.5, 0.6) is 5.75 Å². The molecule has 1 aromatic carbocycles. The highest BCUT2D eigenvalue weighted by molar-refractivity contribution is 9.10. The first-order valence-corrected chi connectivity index (χ1v) is 9.85. The lowest BCUT2D eigenvalue weighted by Gasteiger charge is -2.22. The molecule has 1 aliphatic rings. The Morgan fingerprint density at radius 3 is 2.67 bits per heavy atom. The van der Waals surface area contributed by atoms with E-state index in [9.17, 15) is 8.42 Å². The van der Waals surface area contributed by atoms with Gasteiger partial charge in [-0.25, -0.2) is 8.42 Å². The molecule has 0 bridgehead atoms. The average Bonchev–Trinajstić information content (AvgIpc) is 2.80. The summed E-state index contributed by atoms with van der Waals surface area (Å²) < 4.78 is 30.0. The lowest BCUT2D eigenvalue weighted by Crippen LogP contribution is -2.28. The van der Waals surface area contributed by atoms with Crippen LogP contribution in [0.15, 0.2) is 28.7 Å². The zero-order valence-electron chi connectivity index (χ0n) is 12.2. The molecule has 2 rings (SSSR count). The van der Waals surface area contributed by atoms with E-state index in [1.165, 1.54) is 0 Å². The summed E-state index contributed by atoms with van der Waals surface area (Å²) in [5.41, 5.74) is 0. The number of hydrogen-bond acceptors (Lipinski definition) is 4. The molecule has 0 aliphatic carbocycles. The topological polar surface area (TPSA) is 55.4 Å². The van der Waals surface area contributed by atoms with E-state index in [4.69, 9.17) is 4.74 Å². The standard InChI is InChI=1S/C15H22BrNO3S/c1-17-10-12(13-7-9-21(18,19)11-13)6-8-20-15-4-2-14(16)3-5-15/h2-5,12-13,17H,6-11H2,1H3. The van der Waals surface area contributed by atoms with Crippen LogP contribution in [0, 0.1) is 11.8 Å². The maximum absolute atomic E-state index is 11.6. The normalized spacial score (nSPS) is 22.1. The quantitative estimate of drug-likeness (QED) is 0.795. The molecule has 0 amide bonds. The van der Waals surface area contributed by atoms with E-state index in [1.54, 1.807) is 0 Å². The number of nitrogens with one attached hydrogen (secondary N) is 1. The van der Waals surface area contributed by atoms with Crippen molar-refractivity contribution in [2.75, 3.05) is 31.7 Å². The molecular formula is C15H22BrNO3S. The number of sulfone groups is 1. The molecule has 1 fully saturated rings. The Balaban J connectivity index is 1.84. The van der Waals surface area contributed by atoms with Gasteiger partial charge in [-0.1, -0.05) is 15.9 Å². The molecule has 21 heavy (non-hydrogen) atoms. The van der Waals surface area contributed by atoms with Crippen molar-refractivity contribution in [1.82, 2.24) is 5.32 Å². The maximum Gasteiger partial charge on any atom is 0.150 e. The van der Waals surface area contributed by atoms with Crippen LogP contribution < -0.4 is 10.1 Å². The highest BCUT2D eigenvalue weighted by atomic mass is 79.9. The van der Waals surface area contributed by atoms with Crippen molar-refractivity contribution < 1.29 is 13.2 Å². The van der Waals surface area contributed by atoms with Crippen molar-refractivity contribution in [2.45, 2.75) is 12.8 Å². The SMILES string of the molecule is CNCC(CCOc1ccc(Br)cc1)C1CCS(=O)(=O)C1. The Morgan fingerprint density at radius 1 is 1.38 bits per heavy atom. The molecule has 1 saturated heterocycles. The highest BCUT2D eigenvalue weighted by Crippen LogP contribution is 2.28. The van der Waals surface area contributed by atoms with Gasteiger partial charge in [-0.2, -0.15) is 0 Å². The van der Waals surface area contributed by atoms with Crippen molar-refractivity contribution in [2.24, 2.45) is 11.8 Å². The lowest BCUT2D eigenvalue weighted by molar-refractivity contribution is 0.241. The monoisotopic (exact) mass is 375 g/mol. The van der Waals surface area contributed by atoms with Crippen molar-refractivity contribution >= 4 is 25.8 Å². The van der Waals surface area contributed by atoms with Gasteiger partial charge in [0.2, 0.25) is 0 Å². The van der Waals surface area contributed by atoms with E-state index >= 15 is 0 Å². The van der Waals surface area contributed by atoms with Gasteiger partial charge >= 0.3 is 0 Å². The van der Waals surface area contributed by atoms with Crippen LogP contribution in [0.4, 0.5) is 0 Å². The van der Waals surface area contributed by atoms with Crippen LogP contribution in [-0.4, -0.2) is 40.1 Å². The number of halogens is 1. The maximum atomic E-state index is 11.6. The fraction of sp³-hybridized carbons (Fsp3) is 0.600. The first kappa shape index (κ1) is 16.8. The van der Waals surface area contributed by atoms with Gasteiger partial charge in [-0.05, 0) is 62.5 Å². The summed E-state index contributed by atoms with van der Waals surface area (Å²) in [4.78, 5) is 0. The Bertz CT molecular complexity index is 545. The van der Waals surface area contributed by atoms with Gasteiger partial charge < -0.3 is 10.1 Å². The van der Waals surface area contributed by atoms with Crippen LogP contribution in [0.3, 0.4) is 0 Å². The first-order chi connectivity index (χ1) is 10.00. The number of hydrogen-bond donors (Lipinski definition) is 1. The molecule has 1 aromatic rings. The third kappa shape index (κ3) is 5.27. The first-order valence-electron chi connectivity index (χ1n) is 7.23. The minimum Gasteiger partial charge on any atom is -0.494 e. The molecule has 0 radical (unpaired) electrons. The summed E-state index contributed by atoms with van der Waals surface area (Å²) in [5, 5.41) is 3.17. The van der Waals surface area contributed by atoms with E-state index in [0.29, 0.717) is 24.0 Å². The van der Waals surface area contributed by atoms with Crippen LogP contribution >= 0.6 is 15.9 Å². The molecule has 1 aliphatic heterocycles. The van der Waals surface area contributed by atoms with Gasteiger partial charge in [0, 0.05) is 4.47 Å². The van der Waals surface area contributed by atoms with Crippen LogP contribution in [0.1, 0.15) is 12.8 Å². The van der Waals surface area contributed by atoms with E-state index < -0.39 is 9.84 Å². The van der Waals surface area contributed by atoms with E-state index in [-0.39, 0.29) is 5.92 Å². The Morgan fingerprint density at radius 2 is 2.10 bits per heavy atom. The van der Waals surface area contributed by atoms with Gasteiger partial charge in [-0.3, -0.25) is 0 Å². The molecule has 4 nitrogen and oxygen atoms in total. The van der Waals surface area contributed by atoms with Crippen LogP contribution in [0.25, 0.3) is 0 Å². The summed E-state index contributed by atoms with van der Waals surface area (Å²) in [6, 6.07) is 7.75. The molecule has 0 spiro atoms. The molecule has 0 aromatic heterocycles. The number of ether oxygens (including phenoxy) is 1. The predicted octanol–water partition coefficient (Wildman–Crippen LogP) is 2.49. The fourth-order valence-electron chi connectivity index (χ4n) is 2.82. The molecule has 6 heteroatoms. The molecular weight excluding hydrogens is 354 g/mol. The summed E-state index contributed by atoms with van der Waals surface area (Å²) in [6.45, 7) is 1.45. The fourth-order valence-corrected chi connectivity index (χ4v) is 5.01. The predicted molar refractivity (Wildman–Crippen MR) is 88.4 cm³/mol. The number of rotatable bonds is 7. The molecule has 0 saturated carbocycles. The van der Waals surface area contributed by atoms with Gasteiger partial charge in [-0.15, -0.1) is 0 Å². The zero-order chi connectivity index (χ0) is 15.3. The second-order valence-corrected chi connectivity index (χ2v) is 8.72. The Hall–Kier alpha value is -0.590. The minimum atomic E-state index is -2.81. The van der Waals surface area contributed by atoms with Gasteiger partial charge in [0.25, 0.3) is 0 Å². The van der Waals surface area contributed by atoms with Crippen molar-refractivity contribution in [1.29, 1.82) is 0 Å². The summed E-state index contributed by atoms with van der Waals surface area (Å²) >= 11 is 3.39. The number of benzene rings is 1. The van der Waals surface area contributed by atoms with E-state index in [0.717, 1.165) is 29.6 Å². The van der Waals surface area contributed by atoms with Crippen molar-refractivity contribution in [3.63, 3.8) is 0 Å². The second kappa shape index (κ2) is 7.61. The van der Waals surface area contributed by atoms with Crippen molar-refractivity contribution in [3.8, 4) is 5.75 Å². The Labute approximate surface area is 135 Å². The van der Waals surface area contributed by atoms with Crippen LogP contribution in [-0.2, 0) is 9.84 Å². The average molecular weight is 376 g/mol. The van der Waals surface area contributed by atoms with E-state index in [2.05, 4.69) is 21.2 Å². The summed E-state index contributed by atoms with van der Waals surface area (Å²) in [5.74, 6) is 2.13. The van der Waals surface area contributed by atoms with Gasteiger partial charge in [0.15, 0.2) is 9.84 Å². The largest absolute Gasteiger partial charge is 0.494 e.